The van der Waals surface area contributed by atoms with Gasteiger partial charge in [-0.2, -0.15) is 0 Å². The number of allylic oxidation sites excluding steroid dienone is 4. The molecule has 1 heterocycles. The Balaban J connectivity index is 1.64. The van der Waals surface area contributed by atoms with Gasteiger partial charge in [-0.05, 0) is 39.8 Å². The number of ether oxygens (including phenoxy) is 1. The SMILES string of the molecule is CC(=O)c1c(O)c(C)c(O)c2c1OC1=CC(=O)C(=C(C)NCCC(=O)N(C)c3ccccc3)C(=O)C12C. The molecule has 192 valence electrons. The number of phenolic OH excluding ortho intramolecular Hbond substituents is 2. The Morgan fingerprint density at radius 2 is 1.73 bits per heavy atom. The van der Waals surface area contributed by atoms with Crippen LogP contribution in [0.5, 0.6) is 17.2 Å². The summed E-state index contributed by atoms with van der Waals surface area (Å²) < 4.78 is 5.76. The van der Waals surface area contributed by atoms with E-state index in [1.807, 2.05) is 30.3 Å². The molecule has 0 fully saturated rings. The smallest absolute Gasteiger partial charge is 0.228 e. The van der Waals surface area contributed by atoms with Gasteiger partial charge in [0.2, 0.25) is 5.91 Å². The fraction of sp³-hybridized carbons (Fsp3) is 0.286. The minimum Gasteiger partial charge on any atom is -0.507 e. The van der Waals surface area contributed by atoms with E-state index in [2.05, 4.69) is 5.32 Å². The zero-order valence-corrected chi connectivity index (χ0v) is 21.3. The molecule has 0 saturated carbocycles. The van der Waals surface area contributed by atoms with Gasteiger partial charge >= 0.3 is 0 Å². The number of carbonyl (C=O) groups is 4. The number of hydrogen-bond donors (Lipinski definition) is 3. The van der Waals surface area contributed by atoms with Crippen LogP contribution in [-0.4, -0.2) is 47.1 Å². The lowest BCUT2D eigenvalue weighted by Gasteiger charge is -2.29. The highest BCUT2D eigenvalue weighted by molar-refractivity contribution is 6.31. The number of benzene rings is 2. The average molecular weight is 505 g/mol. The number of hydrogen-bond acceptors (Lipinski definition) is 8. The van der Waals surface area contributed by atoms with E-state index in [0.717, 1.165) is 11.8 Å². The number of carbonyl (C=O) groups excluding carboxylic acids is 4. The molecular formula is C28H28N2O7. The second kappa shape index (κ2) is 9.24. The van der Waals surface area contributed by atoms with Gasteiger partial charge in [-0.25, -0.2) is 0 Å². The van der Waals surface area contributed by atoms with Crippen LogP contribution in [0.15, 0.2) is 53.4 Å². The summed E-state index contributed by atoms with van der Waals surface area (Å²) in [6.45, 7) is 5.91. The first kappa shape index (κ1) is 25.7. The number of phenols is 2. The molecule has 37 heavy (non-hydrogen) atoms. The first-order chi connectivity index (χ1) is 17.4. The highest BCUT2D eigenvalue weighted by atomic mass is 16.5. The molecule has 0 saturated heterocycles. The molecule has 0 radical (unpaired) electrons. The molecule has 2 aromatic carbocycles. The monoisotopic (exact) mass is 504 g/mol. The van der Waals surface area contributed by atoms with Crippen molar-refractivity contribution < 1.29 is 34.1 Å². The lowest BCUT2D eigenvalue weighted by atomic mass is 9.70. The van der Waals surface area contributed by atoms with Crippen LogP contribution >= 0.6 is 0 Å². The topological polar surface area (TPSA) is 133 Å². The molecule has 9 heteroatoms. The number of ketones is 3. The predicted octanol–water partition coefficient (Wildman–Crippen LogP) is 3.21. The quantitative estimate of drug-likeness (QED) is 0.310. The first-order valence-electron chi connectivity index (χ1n) is 11.8. The van der Waals surface area contributed by atoms with Gasteiger partial charge in [0.1, 0.15) is 34.0 Å². The standard InChI is InChI=1S/C28H28N2O7/c1-14-24(34)22(16(3)31)26-23(25(14)35)28(4)19(37-26)13-18(32)21(27(28)36)15(2)29-12-11-20(33)30(5)17-9-7-6-8-10-17/h6-10,13,29,34-35H,11-12H2,1-5H3. The van der Waals surface area contributed by atoms with Crippen LogP contribution < -0.4 is 15.0 Å². The third-order valence-corrected chi connectivity index (χ3v) is 7.01. The van der Waals surface area contributed by atoms with Gasteiger partial charge in [0.25, 0.3) is 0 Å². The maximum atomic E-state index is 13.8. The second-order valence-electron chi connectivity index (χ2n) is 9.35. The number of nitrogens with zero attached hydrogens (tertiary/aromatic N) is 1. The number of anilines is 1. The van der Waals surface area contributed by atoms with Crippen molar-refractivity contribution in [3.63, 3.8) is 0 Å². The molecule has 1 unspecified atom stereocenters. The van der Waals surface area contributed by atoms with Crippen LogP contribution in [0.25, 0.3) is 0 Å². The summed E-state index contributed by atoms with van der Waals surface area (Å²) in [6.07, 6.45) is 1.27. The van der Waals surface area contributed by atoms with Crippen molar-refractivity contribution in [2.45, 2.75) is 39.5 Å². The van der Waals surface area contributed by atoms with Gasteiger partial charge in [-0.3, -0.25) is 19.2 Å². The molecule has 1 atom stereocenters. The van der Waals surface area contributed by atoms with Crippen LogP contribution in [0.2, 0.25) is 0 Å². The largest absolute Gasteiger partial charge is 0.507 e. The van der Waals surface area contributed by atoms with Crippen LogP contribution in [0.3, 0.4) is 0 Å². The van der Waals surface area contributed by atoms with E-state index in [0.29, 0.717) is 0 Å². The zero-order valence-electron chi connectivity index (χ0n) is 21.3. The highest BCUT2D eigenvalue weighted by Gasteiger charge is 2.56. The number of fused-ring (bicyclic) bond motifs is 3. The van der Waals surface area contributed by atoms with Crippen molar-refractivity contribution in [2.75, 3.05) is 18.5 Å². The normalized spacial score (nSPS) is 19.4. The summed E-state index contributed by atoms with van der Waals surface area (Å²) in [6, 6.07) is 9.16. The molecular weight excluding hydrogens is 476 g/mol. The van der Waals surface area contributed by atoms with Crippen molar-refractivity contribution in [1.29, 1.82) is 0 Å². The average Bonchev–Trinajstić information content (AvgIpc) is 3.15. The van der Waals surface area contributed by atoms with Crippen molar-refractivity contribution in [1.82, 2.24) is 5.32 Å². The Kier molecular flexibility index (Phi) is 6.41. The van der Waals surface area contributed by atoms with E-state index in [4.69, 9.17) is 4.74 Å². The van der Waals surface area contributed by atoms with Crippen molar-refractivity contribution in [3.05, 3.63) is 70.1 Å². The lowest BCUT2D eigenvalue weighted by Crippen LogP contribution is -2.41. The van der Waals surface area contributed by atoms with E-state index in [1.54, 1.807) is 14.0 Å². The minimum atomic E-state index is -1.59. The molecule has 2 aromatic rings. The van der Waals surface area contributed by atoms with E-state index in [9.17, 15) is 29.4 Å². The molecule has 1 aliphatic carbocycles. The second-order valence-corrected chi connectivity index (χ2v) is 9.35. The number of nitrogens with one attached hydrogen (secondary N) is 1. The van der Waals surface area contributed by atoms with E-state index in [1.165, 1.54) is 25.7 Å². The van der Waals surface area contributed by atoms with Crippen LogP contribution in [0.4, 0.5) is 5.69 Å². The molecule has 9 nitrogen and oxygen atoms in total. The summed E-state index contributed by atoms with van der Waals surface area (Å²) in [5.74, 6) is -2.89. The van der Waals surface area contributed by atoms with Gasteiger partial charge < -0.3 is 25.2 Å². The number of aromatic hydroxyl groups is 2. The zero-order chi connectivity index (χ0) is 27.2. The molecule has 2 aliphatic rings. The van der Waals surface area contributed by atoms with E-state index in [-0.39, 0.29) is 64.1 Å². The summed E-state index contributed by atoms with van der Waals surface area (Å²) in [4.78, 5) is 53.2. The third kappa shape index (κ3) is 3.96. The van der Waals surface area contributed by atoms with Crippen LogP contribution in [0.1, 0.15) is 48.7 Å². The van der Waals surface area contributed by atoms with Crippen molar-refractivity contribution in [2.24, 2.45) is 0 Å². The Hall–Kier alpha value is -4.40. The van der Waals surface area contributed by atoms with Crippen molar-refractivity contribution in [3.8, 4) is 17.2 Å². The fourth-order valence-electron chi connectivity index (χ4n) is 4.77. The number of amides is 1. The molecule has 0 bridgehead atoms. The van der Waals surface area contributed by atoms with Gasteiger partial charge in [0.05, 0.1) is 11.1 Å². The lowest BCUT2D eigenvalue weighted by molar-refractivity contribution is -0.123. The summed E-state index contributed by atoms with van der Waals surface area (Å²) >= 11 is 0. The van der Waals surface area contributed by atoms with E-state index < -0.39 is 28.5 Å². The van der Waals surface area contributed by atoms with Gasteiger partial charge in [-0.1, -0.05) is 18.2 Å². The Labute approximate surface area is 214 Å². The first-order valence-corrected chi connectivity index (χ1v) is 11.8. The summed E-state index contributed by atoms with van der Waals surface area (Å²) in [7, 11) is 1.67. The maximum absolute atomic E-state index is 13.8. The number of Topliss-reactive ketones (excluding diaryl/α,β-unsaturated/α-hetero) is 2. The Morgan fingerprint density at radius 1 is 1.08 bits per heavy atom. The van der Waals surface area contributed by atoms with E-state index >= 15 is 0 Å². The molecule has 1 aliphatic heterocycles. The van der Waals surface area contributed by atoms with Gasteiger partial charge in [-0.15, -0.1) is 0 Å². The Morgan fingerprint density at radius 3 is 2.35 bits per heavy atom. The van der Waals surface area contributed by atoms with Crippen molar-refractivity contribution >= 4 is 28.9 Å². The fourth-order valence-corrected chi connectivity index (χ4v) is 4.77. The molecule has 3 N–H and O–H groups in total. The number of rotatable bonds is 6. The molecule has 0 aromatic heterocycles. The third-order valence-electron chi connectivity index (χ3n) is 7.01. The van der Waals surface area contributed by atoms with Gasteiger partial charge in [0, 0.05) is 43.0 Å². The summed E-state index contributed by atoms with van der Waals surface area (Å²) in [5.41, 5.74) is -0.807. The predicted molar refractivity (Wildman–Crippen MR) is 136 cm³/mol. The van der Waals surface area contributed by atoms with Gasteiger partial charge in [0.15, 0.2) is 17.3 Å². The molecule has 0 spiro atoms. The Bertz CT molecular complexity index is 1420. The van der Waals surface area contributed by atoms with Crippen LogP contribution in [0, 0.1) is 6.92 Å². The molecule has 1 amide bonds. The highest BCUT2D eigenvalue weighted by Crippen LogP contribution is 2.57. The molecule has 4 rings (SSSR count). The maximum Gasteiger partial charge on any atom is 0.228 e. The summed E-state index contributed by atoms with van der Waals surface area (Å²) in [5, 5.41) is 24.3. The van der Waals surface area contributed by atoms with Crippen LogP contribution in [-0.2, 0) is 19.8 Å². The minimum absolute atomic E-state index is 0.0288. The number of para-hydroxylation sites is 1.